The molecule has 5 heteroatoms. The molecule has 2 N–H and O–H groups in total. The van der Waals surface area contributed by atoms with Crippen LogP contribution in [0.3, 0.4) is 0 Å². The fourth-order valence-electron chi connectivity index (χ4n) is 1.41. The number of ketones is 1. The van der Waals surface area contributed by atoms with E-state index in [4.69, 9.17) is 5.73 Å². The number of carbonyl (C=O) groups excluding carboxylic acids is 1. The Balaban J connectivity index is 2.48. The molecular formula is C11H10FN3O. The zero-order chi connectivity index (χ0) is 11.7. The van der Waals surface area contributed by atoms with Crippen LogP contribution in [0.25, 0.3) is 0 Å². The number of hydrogen-bond acceptors (Lipinski definition) is 3. The van der Waals surface area contributed by atoms with Crippen molar-refractivity contribution in [2.75, 3.05) is 5.73 Å². The van der Waals surface area contributed by atoms with Crippen molar-refractivity contribution in [1.82, 2.24) is 9.78 Å². The minimum absolute atomic E-state index is 0.00204. The molecule has 0 unspecified atom stereocenters. The van der Waals surface area contributed by atoms with E-state index in [2.05, 4.69) is 5.10 Å². The average molecular weight is 219 g/mol. The van der Waals surface area contributed by atoms with Crippen LogP contribution in [-0.4, -0.2) is 15.6 Å². The first-order valence-corrected chi connectivity index (χ1v) is 4.68. The number of nitrogen functional groups attached to an aromatic ring is 1. The molecule has 2 rings (SSSR count). The zero-order valence-electron chi connectivity index (χ0n) is 8.64. The Morgan fingerprint density at radius 3 is 2.62 bits per heavy atom. The number of nitrogens with two attached hydrogens (primary N) is 1. The molecule has 16 heavy (non-hydrogen) atoms. The van der Waals surface area contributed by atoms with Crippen molar-refractivity contribution < 1.29 is 9.18 Å². The van der Waals surface area contributed by atoms with E-state index in [-0.39, 0.29) is 16.9 Å². The molecule has 0 atom stereocenters. The van der Waals surface area contributed by atoms with E-state index in [0.29, 0.717) is 0 Å². The third kappa shape index (κ3) is 1.56. The molecule has 0 aliphatic heterocycles. The van der Waals surface area contributed by atoms with Crippen molar-refractivity contribution in [3.63, 3.8) is 0 Å². The Morgan fingerprint density at radius 1 is 1.38 bits per heavy atom. The largest absolute Gasteiger partial charge is 0.383 e. The Labute approximate surface area is 91.5 Å². The highest BCUT2D eigenvalue weighted by Gasteiger charge is 2.18. The quantitative estimate of drug-likeness (QED) is 0.776. The first kappa shape index (κ1) is 10.4. The van der Waals surface area contributed by atoms with Gasteiger partial charge in [-0.25, -0.2) is 4.39 Å². The van der Waals surface area contributed by atoms with E-state index >= 15 is 0 Å². The van der Waals surface area contributed by atoms with Crippen LogP contribution in [0.1, 0.15) is 15.9 Å². The van der Waals surface area contributed by atoms with Crippen molar-refractivity contribution in [1.29, 1.82) is 0 Å². The molecule has 82 valence electrons. The lowest BCUT2D eigenvalue weighted by Gasteiger charge is -2.01. The van der Waals surface area contributed by atoms with Gasteiger partial charge in [0.25, 0.3) is 0 Å². The molecule has 0 saturated carbocycles. The molecular weight excluding hydrogens is 209 g/mol. The van der Waals surface area contributed by atoms with Crippen LogP contribution in [0.2, 0.25) is 0 Å². The topological polar surface area (TPSA) is 60.9 Å². The number of nitrogens with zero attached hydrogens (tertiary/aromatic N) is 2. The molecule has 1 heterocycles. The van der Waals surface area contributed by atoms with Crippen LogP contribution in [0.4, 0.5) is 10.2 Å². The smallest absolute Gasteiger partial charge is 0.201 e. The minimum atomic E-state index is -0.559. The van der Waals surface area contributed by atoms with Crippen LogP contribution in [0.15, 0.2) is 30.5 Å². The first-order valence-electron chi connectivity index (χ1n) is 4.68. The second-order valence-corrected chi connectivity index (χ2v) is 3.38. The predicted octanol–water partition coefficient (Wildman–Crippen LogP) is 1.37. The number of anilines is 1. The first-order chi connectivity index (χ1) is 7.61. The number of carbonyl (C=O) groups is 1. The summed E-state index contributed by atoms with van der Waals surface area (Å²) in [5.41, 5.74) is 5.87. The standard InChI is InChI=1S/C11H10FN3O/c1-15-11(13)8(6-14-15)10(16)7-4-2-3-5-9(7)12/h2-6H,13H2,1H3. The summed E-state index contributed by atoms with van der Waals surface area (Å²) in [7, 11) is 1.62. The fourth-order valence-corrected chi connectivity index (χ4v) is 1.41. The van der Waals surface area contributed by atoms with E-state index in [1.807, 2.05) is 0 Å². The van der Waals surface area contributed by atoms with Crippen molar-refractivity contribution in [2.24, 2.45) is 7.05 Å². The normalized spacial score (nSPS) is 10.4. The summed E-state index contributed by atoms with van der Waals surface area (Å²) in [5, 5.41) is 3.84. The summed E-state index contributed by atoms with van der Waals surface area (Å²) < 4.78 is 14.7. The third-order valence-corrected chi connectivity index (χ3v) is 2.35. The van der Waals surface area contributed by atoms with Crippen LogP contribution in [0, 0.1) is 5.82 Å². The summed E-state index contributed by atoms with van der Waals surface area (Å²) >= 11 is 0. The van der Waals surface area contributed by atoms with E-state index in [0.717, 1.165) is 0 Å². The van der Waals surface area contributed by atoms with Crippen LogP contribution in [0.5, 0.6) is 0 Å². The number of aryl methyl sites for hydroxylation is 1. The summed E-state index contributed by atoms with van der Waals surface area (Å²) in [5.74, 6) is -0.785. The molecule has 0 aliphatic rings. The van der Waals surface area contributed by atoms with Crippen LogP contribution < -0.4 is 5.73 Å². The molecule has 0 amide bonds. The molecule has 0 fully saturated rings. The predicted molar refractivity (Wildman–Crippen MR) is 57.5 cm³/mol. The Hall–Kier alpha value is -2.17. The van der Waals surface area contributed by atoms with E-state index in [9.17, 15) is 9.18 Å². The molecule has 1 aromatic carbocycles. The van der Waals surface area contributed by atoms with Crippen LogP contribution in [-0.2, 0) is 7.05 Å². The third-order valence-electron chi connectivity index (χ3n) is 2.35. The second kappa shape index (κ2) is 3.77. The average Bonchev–Trinajstić information content (AvgIpc) is 2.60. The van der Waals surface area contributed by atoms with Gasteiger partial charge in [-0.1, -0.05) is 12.1 Å². The van der Waals surface area contributed by atoms with Crippen molar-refractivity contribution in [3.05, 3.63) is 47.4 Å². The summed E-state index contributed by atoms with van der Waals surface area (Å²) in [4.78, 5) is 11.9. The number of halogens is 1. The Morgan fingerprint density at radius 2 is 2.06 bits per heavy atom. The highest BCUT2D eigenvalue weighted by Crippen LogP contribution is 2.17. The monoisotopic (exact) mass is 219 g/mol. The molecule has 1 aromatic heterocycles. The molecule has 0 saturated heterocycles. The maximum atomic E-state index is 13.4. The minimum Gasteiger partial charge on any atom is -0.383 e. The lowest BCUT2D eigenvalue weighted by molar-refractivity contribution is 0.103. The van der Waals surface area contributed by atoms with Gasteiger partial charge in [0.15, 0.2) is 0 Å². The fraction of sp³-hybridized carbons (Fsp3) is 0.0909. The molecule has 0 radical (unpaired) electrons. The second-order valence-electron chi connectivity index (χ2n) is 3.38. The summed E-state index contributed by atoms with van der Waals surface area (Å²) in [6, 6.07) is 5.78. The van der Waals surface area contributed by atoms with Gasteiger partial charge in [-0.15, -0.1) is 0 Å². The van der Waals surface area contributed by atoms with Gasteiger partial charge in [-0.3, -0.25) is 9.48 Å². The van der Waals surface area contributed by atoms with Gasteiger partial charge in [0, 0.05) is 7.05 Å². The highest BCUT2D eigenvalue weighted by atomic mass is 19.1. The van der Waals surface area contributed by atoms with Gasteiger partial charge in [0.05, 0.1) is 17.3 Å². The van der Waals surface area contributed by atoms with Crippen molar-refractivity contribution in [3.8, 4) is 0 Å². The highest BCUT2D eigenvalue weighted by molar-refractivity contribution is 6.11. The molecule has 0 bridgehead atoms. The van der Waals surface area contributed by atoms with Gasteiger partial charge in [-0.05, 0) is 12.1 Å². The van der Waals surface area contributed by atoms with Gasteiger partial charge in [0.2, 0.25) is 5.78 Å². The van der Waals surface area contributed by atoms with Crippen LogP contribution >= 0.6 is 0 Å². The van der Waals surface area contributed by atoms with Gasteiger partial charge in [0.1, 0.15) is 11.6 Å². The van der Waals surface area contributed by atoms with Gasteiger partial charge < -0.3 is 5.73 Å². The number of hydrogen-bond donors (Lipinski definition) is 1. The van der Waals surface area contributed by atoms with Gasteiger partial charge >= 0.3 is 0 Å². The Bertz CT molecular complexity index is 548. The lowest BCUT2D eigenvalue weighted by Crippen LogP contribution is -2.07. The number of rotatable bonds is 2. The molecule has 0 spiro atoms. The van der Waals surface area contributed by atoms with Gasteiger partial charge in [-0.2, -0.15) is 5.10 Å². The Kier molecular flexibility index (Phi) is 2.44. The number of aromatic nitrogens is 2. The van der Waals surface area contributed by atoms with E-state index in [1.165, 1.54) is 29.1 Å². The van der Waals surface area contributed by atoms with Crippen molar-refractivity contribution in [2.45, 2.75) is 0 Å². The SMILES string of the molecule is Cn1ncc(C(=O)c2ccccc2F)c1N. The van der Waals surface area contributed by atoms with E-state index < -0.39 is 11.6 Å². The van der Waals surface area contributed by atoms with E-state index in [1.54, 1.807) is 13.1 Å². The lowest BCUT2D eigenvalue weighted by atomic mass is 10.1. The zero-order valence-corrected chi connectivity index (χ0v) is 8.64. The molecule has 0 aliphatic carbocycles. The van der Waals surface area contributed by atoms with Crippen molar-refractivity contribution >= 4 is 11.6 Å². The summed E-state index contributed by atoms with van der Waals surface area (Å²) in [6.45, 7) is 0. The molecule has 4 nitrogen and oxygen atoms in total. The summed E-state index contributed by atoms with van der Waals surface area (Å²) in [6.07, 6.45) is 1.34. The maximum absolute atomic E-state index is 13.4. The molecule has 2 aromatic rings. The number of benzene rings is 1. The maximum Gasteiger partial charge on any atom is 0.201 e.